The Kier molecular flexibility index (Phi) is 7.44. The molecule has 2 rings (SSSR count). The lowest BCUT2D eigenvalue weighted by Gasteiger charge is -2.22. The number of nitrogens with zero attached hydrogens (tertiary/aromatic N) is 2. The zero-order valence-corrected chi connectivity index (χ0v) is 16.3. The van der Waals surface area contributed by atoms with Crippen LogP contribution in [0.4, 0.5) is 0 Å². The number of carbonyl (C=O) groups is 1. The Morgan fingerprint density at radius 2 is 2.04 bits per heavy atom. The molecule has 144 valence electrons. The third-order valence-corrected chi connectivity index (χ3v) is 5.92. The number of amides is 1. The lowest BCUT2D eigenvalue weighted by atomic mass is 10.2. The fraction of sp³-hybridized carbons (Fsp3) is 0.556. The van der Waals surface area contributed by atoms with Crippen LogP contribution in [-0.2, 0) is 21.2 Å². The summed E-state index contributed by atoms with van der Waals surface area (Å²) in [5.41, 5.74) is 1.18. The molecule has 0 radical (unpaired) electrons. The minimum Gasteiger partial charge on any atom is -0.357 e. The summed E-state index contributed by atoms with van der Waals surface area (Å²) < 4.78 is 22.9. The number of hydrogen-bond donors (Lipinski definition) is 2. The maximum absolute atomic E-state index is 12.0. The molecule has 1 aliphatic heterocycles. The quantitative estimate of drug-likeness (QED) is 0.539. The van der Waals surface area contributed by atoms with Gasteiger partial charge in [0.25, 0.3) is 0 Å². The van der Waals surface area contributed by atoms with Crippen molar-refractivity contribution in [3.8, 4) is 0 Å². The molecule has 0 saturated carbocycles. The first-order chi connectivity index (χ1) is 12.4. The number of guanidine groups is 1. The van der Waals surface area contributed by atoms with Crippen LogP contribution in [0, 0.1) is 0 Å². The van der Waals surface area contributed by atoms with Crippen LogP contribution in [0.5, 0.6) is 0 Å². The molecule has 1 aliphatic rings. The summed E-state index contributed by atoms with van der Waals surface area (Å²) in [6.07, 6.45) is 0.740. The number of sulfone groups is 1. The fourth-order valence-electron chi connectivity index (χ4n) is 2.87. The Labute approximate surface area is 155 Å². The highest BCUT2D eigenvalue weighted by atomic mass is 32.2. The van der Waals surface area contributed by atoms with Gasteiger partial charge in [0.2, 0.25) is 5.91 Å². The first kappa shape index (κ1) is 20.2. The molecule has 7 nitrogen and oxygen atoms in total. The molecule has 1 fully saturated rings. The molecule has 1 saturated heterocycles. The summed E-state index contributed by atoms with van der Waals surface area (Å²) in [7, 11) is -1.03. The van der Waals surface area contributed by atoms with Crippen molar-refractivity contribution in [1.82, 2.24) is 15.5 Å². The van der Waals surface area contributed by atoms with Crippen molar-refractivity contribution in [3.63, 3.8) is 0 Å². The molecule has 8 heteroatoms. The van der Waals surface area contributed by atoms with Gasteiger partial charge in [0.15, 0.2) is 15.8 Å². The van der Waals surface area contributed by atoms with Gasteiger partial charge in [0, 0.05) is 32.6 Å². The zero-order chi connectivity index (χ0) is 19.0. The Bertz CT molecular complexity index is 719. The van der Waals surface area contributed by atoms with Gasteiger partial charge in [-0.3, -0.25) is 9.79 Å². The second-order valence-electron chi connectivity index (χ2n) is 6.49. The van der Waals surface area contributed by atoms with Crippen molar-refractivity contribution < 1.29 is 13.2 Å². The number of benzene rings is 1. The highest BCUT2D eigenvalue weighted by molar-refractivity contribution is 7.91. The maximum Gasteiger partial charge on any atom is 0.222 e. The van der Waals surface area contributed by atoms with E-state index in [0.29, 0.717) is 13.0 Å². The minimum atomic E-state index is -2.98. The van der Waals surface area contributed by atoms with Crippen LogP contribution in [0.2, 0.25) is 0 Å². The topological polar surface area (TPSA) is 90.9 Å². The predicted molar refractivity (Wildman–Crippen MR) is 104 cm³/mol. The molecule has 1 aromatic rings. The maximum atomic E-state index is 12.0. The van der Waals surface area contributed by atoms with Gasteiger partial charge in [-0.25, -0.2) is 8.42 Å². The first-order valence-electron chi connectivity index (χ1n) is 8.93. The van der Waals surface area contributed by atoms with E-state index in [2.05, 4.69) is 27.8 Å². The van der Waals surface area contributed by atoms with Gasteiger partial charge in [0.05, 0.1) is 18.1 Å². The van der Waals surface area contributed by atoms with Gasteiger partial charge in [-0.1, -0.05) is 30.3 Å². The van der Waals surface area contributed by atoms with E-state index in [-0.39, 0.29) is 29.9 Å². The van der Waals surface area contributed by atoms with E-state index in [1.165, 1.54) is 5.56 Å². The summed E-state index contributed by atoms with van der Waals surface area (Å²) in [4.78, 5) is 18.5. The van der Waals surface area contributed by atoms with Crippen molar-refractivity contribution in [2.75, 3.05) is 31.6 Å². The van der Waals surface area contributed by atoms with Gasteiger partial charge < -0.3 is 15.5 Å². The lowest BCUT2D eigenvalue weighted by molar-refractivity contribution is -0.121. The Morgan fingerprint density at radius 3 is 2.65 bits per heavy atom. The largest absolute Gasteiger partial charge is 0.357 e. The summed E-state index contributed by atoms with van der Waals surface area (Å²) >= 11 is 0. The number of aliphatic imine (C=N–C) groups is 1. The molecule has 1 heterocycles. The van der Waals surface area contributed by atoms with Crippen molar-refractivity contribution >= 4 is 21.7 Å². The Morgan fingerprint density at radius 1 is 1.31 bits per heavy atom. The van der Waals surface area contributed by atoms with Crippen molar-refractivity contribution in [3.05, 3.63) is 35.9 Å². The highest BCUT2D eigenvalue weighted by Gasteiger charge is 2.28. The molecule has 2 N–H and O–H groups in total. The fourth-order valence-corrected chi connectivity index (χ4v) is 4.55. The highest BCUT2D eigenvalue weighted by Crippen LogP contribution is 2.11. The van der Waals surface area contributed by atoms with Crippen molar-refractivity contribution in [1.29, 1.82) is 0 Å². The molecule has 0 bridgehead atoms. The summed E-state index contributed by atoms with van der Waals surface area (Å²) in [6, 6.07) is 9.84. The van der Waals surface area contributed by atoms with E-state index < -0.39 is 9.84 Å². The molecule has 1 amide bonds. The van der Waals surface area contributed by atoms with E-state index in [4.69, 9.17) is 0 Å². The van der Waals surface area contributed by atoms with Crippen LogP contribution in [-0.4, -0.2) is 62.9 Å². The van der Waals surface area contributed by atoms with E-state index in [1.807, 2.05) is 37.1 Å². The van der Waals surface area contributed by atoms with Crippen LogP contribution in [0.15, 0.2) is 35.3 Å². The average molecular weight is 381 g/mol. The standard InChI is InChI=1S/C18H28N4O3S/c1-3-19-18(22(2)13-15-7-5-4-6-8-15)20-11-9-17(23)21-16-10-12-26(24,25)14-16/h4-8,16H,3,9-14H2,1-2H3,(H,19,20)(H,21,23). The van der Waals surface area contributed by atoms with E-state index in [9.17, 15) is 13.2 Å². The smallest absolute Gasteiger partial charge is 0.222 e. The Hall–Kier alpha value is -2.09. The first-order valence-corrected chi connectivity index (χ1v) is 10.7. The van der Waals surface area contributed by atoms with Crippen molar-refractivity contribution in [2.45, 2.75) is 32.4 Å². The second-order valence-corrected chi connectivity index (χ2v) is 8.72. The second kappa shape index (κ2) is 9.56. The van der Waals surface area contributed by atoms with Crippen LogP contribution in [0.25, 0.3) is 0 Å². The summed E-state index contributed by atoms with van der Waals surface area (Å²) in [6.45, 7) is 3.81. The number of nitrogens with one attached hydrogen (secondary N) is 2. The average Bonchev–Trinajstić information content (AvgIpc) is 2.93. The van der Waals surface area contributed by atoms with Crippen molar-refractivity contribution in [2.24, 2.45) is 4.99 Å². The molecular formula is C18H28N4O3S. The van der Waals surface area contributed by atoms with Gasteiger partial charge >= 0.3 is 0 Å². The van der Waals surface area contributed by atoms with Gasteiger partial charge in [0.1, 0.15) is 0 Å². The monoisotopic (exact) mass is 380 g/mol. The van der Waals surface area contributed by atoms with Crippen LogP contribution in [0.1, 0.15) is 25.3 Å². The molecule has 0 aromatic heterocycles. The van der Waals surface area contributed by atoms with Gasteiger partial charge in [-0.15, -0.1) is 0 Å². The molecular weight excluding hydrogens is 352 g/mol. The third kappa shape index (κ3) is 6.67. The van der Waals surface area contributed by atoms with Crippen LogP contribution < -0.4 is 10.6 Å². The molecule has 1 unspecified atom stereocenters. The normalized spacial score (nSPS) is 19.2. The van der Waals surface area contributed by atoms with Gasteiger partial charge in [-0.05, 0) is 18.9 Å². The lowest BCUT2D eigenvalue weighted by Crippen LogP contribution is -2.39. The molecule has 0 aliphatic carbocycles. The molecule has 0 spiro atoms. The van der Waals surface area contributed by atoms with Crippen LogP contribution in [0.3, 0.4) is 0 Å². The number of carbonyl (C=O) groups excluding carboxylic acids is 1. The van der Waals surface area contributed by atoms with Gasteiger partial charge in [-0.2, -0.15) is 0 Å². The zero-order valence-electron chi connectivity index (χ0n) is 15.4. The predicted octanol–water partition coefficient (Wildman–Crippen LogP) is 0.777. The number of rotatable bonds is 7. The molecule has 1 aromatic carbocycles. The summed E-state index contributed by atoms with van der Waals surface area (Å²) in [5, 5.41) is 6.01. The molecule has 1 atom stereocenters. The Balaban J connectivity index is 1.83. The molecule has 26 heavy (non-hydrogen) atoms. The van der Waals surface area contributed by atoms with E-state index in [0.717, 1.165) is 19.0 Å². The minimum absolute atomic E-state index is 0.0461. The van der Waals surface area contributed by atoms with E-state index >= 15 is 0 Å². The SMILES string of the molecule is CCNC(=NCCC(=O)NC1CCS(=O)(=O)C1)N(C)Cc1ccccc1. The van der Waals surface area contributed by atoms with E-state index in [1.54, 1.807) is 0 Å². The third-order valence-electron chi connectivity index (χ3n) is 4.16. The van der Waals surface area contributed by atoms with Crippen LogP contribution >= 0.6 is 0 Å². The number of hydrogen-bond acceptors (Lipinski definition) is 4. The summed E-state index contributed by atoms with van der Waals surface area (Å²) in [5.74, 6) is 0.792.